The summed E-state index contributed by atoms with van der Waals surface area (Å²) in [6, 6.07) is 37.5. The molecule has 5 aromatic carbocycles. The first-order valence-corrected chi connectivity index (χ1v) is 16.5. The minimum atomic E-state index is -0.891. The fourth-order valence-electron chi connectivity index (χ4n) is 5.10. The van der Waals surface area contributed by atoms with Gasteiger partial charge in [0.1, 0.15) is 23.9 Å². The van der Waals surface area contributed by atoms with E-state index < -0.39 is 22.7 Å². The first-order chi connectivity index (χ1) is 26.6. The number of primary amides is 1. The first-order valence-electron chi connectivity index (χ1n) is 16.5. The van der Waals surface area contributed by atoms with Gasteiger partial charge in [0, 0.05) is 18.8 Å². The molecule has 0 saturated heterocycles. The molecule has 15 nitrogen and oxygen atoms in total. The molecule has 55 heavy (non-hydrogen) atoms. The van der Waals surface area contributed by atoms with Gasteiger partial charge in [0.15, 0.2) is 0 Å². The van der Waals surface area contributed by atoms with E-state index in [1.807, 2.05) is 60.7 Å². The number of nitrogens with one attached hydrogen (secondary N) is 3. The van der Waals surface area contributed by atoms with Crippen LogP contribution in [0.25, 0.3) is 0 Å². The number of pyridine rings is 1. The van der Waals surface area contributed by atoms with Crippen molar-refractivity contribution in [2.24, 2.45) is 5.73 Å². The maximum Gasteiger partial charge on any atom is 0.324 e. The normalized spacial score (nSPS) is 10.1. The van der Waals surface area contributed by atoms with Crippen LogP contribution in [0.15, 0.2) is 140 Å². The van der Waals surface area contributed by atoms with Crippen LogP contribution in [0, 0.1) is 21.4 Å². The van der Waals surface area contributed by atoms with Crippen molar-refractivity contribution in [1.29, 1.82) is 5.26 Å². The molecule has 15 heteroatoms. The number of aromatic hydroxyl groups is 2. The Morgan fingerprint density at radius 3 is 2.16 bits per heavy atom. The van der Waals surface area contributed by atoms with Crippen LogP contribution in [-0.2, 0) is 13.2 Å². The number of carbonyl (C=O) groups excluding carboxylic acids is 2. The molecule has 0 aliphatic carbocycles. The van der Waals surface area contributed by atoms with Crippen molar-refractivity contribution in [1.82, 2.24) is 4.98 Å². The number of phenols is 2. The molecule has 0 atom stereocenters. The number of nitrogens with zero attached hydrogens (tertiary/aromatic N) is 4. The van der Waals surface area contributed by atoms with Gasteiger partial charge >= 0.3 is 12.1 Å². The van der Waals surface area contributed by atoms with Crippen LogP contribution < -0.4 is 31.3 Å². The van der Waals surface area contributed by atoms with E-state index in [2.05, 4.69) is 20.9 Å². The maximum atomic E-state index is 12.3. The summed E-state index contributed by atoms with van der Waals surface area (Å²) in [4.78, 5) is 39.8. The number of para-hydroxylation sites is 4. The van der Waals surface area contributed by atoms with Gasteiger partial charge in [0.2, 0.25) is 0 Å². The van der Waals surface area contributed by atoms with Crippen LogP contribution >= 0.6 is 0 Å². The van der Waals surface area contributed by atoms with E-state index in [-0.39, 0.29) is 35.1 Å². The van der Waals surface area contributed by atoms with Gasteiger partial charge in [-0.05, 0) is 66.2 Å². The SMILES string of the molecule is N#Cc1ccc(NC(=O)Nc2ccccc2NCc2ccccc2)c(O)c1.NC(=O)N(c1ccc([N+](=O)[O-])cc1O)c1ccccc1OCc1ccccn1. The third-order valence-corrected chi connectivity index (χ3v) is 7.72. The van der Waals surface area contributed by atoms with Gasteiger partial charge in [0.25, 0.3) is 5.69 Å². The molecule has 7 N–H and O–H groups in total. The predicted molar refractivity (Wildman–Crippen MR) is 207 cm³/mol. The van der Waals surface area contributed by atoms with E-state index >= 15 is 0 Å². The lowest BCUT2D eigenvalue weighted by Gasteiger charge is -2.23. The Morgan fingerprint density at radius 2 is 1.49 bits per heavy atom. The van der Waals surface area contributed by atoms with Gasteiger partial charge in [-0.2, -0.15) is 5.26 Å². The number of benzene rings is 5. The molecule has 1 heterocycles. The zero-order valence-corrected chi connectivity index (χ0v) is 29.0. The zero-order valence-electron chi connectivity index (χ0n) is 29.0. The smallest absolute Gasteiger partial charge is 0.324 e. The average Bonchev–Trinajstić information content (AvgIpc) is 3.19. The second kappa shape index (κ2) is 18.4. The van der Waals surface area contributed by atoms with Crippen LogP contribution in [0.2, 0.25) is 0 Å². The quantitative estimate of drug-likeness (QED) is 0.0426. The number of ether oxygens (including phenoxy) is 1. The van der Waals surface area contributed by atoms with Gasteiger partial charge < -0.3 is 36.6 Å². The zero-order chi connectivity index (χ0) is 39.2. The number of nitro groups is 1. The number of urea groups is 2. The summed E-state index contributed by atoms with van der Waals surface area (Å²) in [5.74, 6) is -0.308. The highest BCUT2D eigenvalue weighted by Crippen LogP contribution is 2.39. The van der Waals surface area contributed by atoms with E-state index in [1.54, 1.807) is 48.7 Å². The van der Waals surface area contributed by atoms with Gasteiger partial charge in [-0.1, -0.05) is 60.7 Å². The third kappa shape index (κ3) is 10.5. The fourth-order valence-corrected chi connectivity index (χ4v) is 5.10. The number of rotatable bonds is 11. The van der Waals surface area contributed by atoms with E-state index in [0.717, 1.165) is 22.2 Å². The number of nitriles is 1. The Labute approximate surface area is 315 Å². The van der Waals surface area contributed by atoms with Crippen LogP contribution in [0.1, 0.15) is 16.8 Å². The number of non-ortho nitro benzene ring substituents is 1. The van der Waals surface area contributed by atoms with Crippen LogP contribution in [0.3, 0.4) is 0 Å². The van der Waals surface area contributed by atoms with Gasteiger partial charge in [-0.15, -0.1) is 0 Å². The predicted octanol–water partition coefficient (Wildman–Crippen LogP) is 8.01. The van der Waals surface area contributed by atoms with Crippen molar-refractivity contribution in [2.45, 2.75) is 13.2 Å². The van der Waals surface area contributed by atoms with Gasteiger partial charge in [0.05, 0.1) is 56.8 Å². The second-order valence-corrected chi connectivity index (χ2v) is 11.5. The minimum absolute atomic E-state index is 0.00742. The summed E-state index contributed by atoms with van der Waals surface area (Å²) in [5, 5.41) is 48.4. The molecule has 0 bridgehead atoms. The molecule has 276 valence electrons. The molecule has 0 unspecified atom stereocenters. The molecule has 0 radical (unpaired) electrons. The number of carbonyl (C=O) groups is 2. The molecule has 0 aliphatic rings. The van der Waals surface area contributed by atoms with E-state index in [9.17, 15) is 29.9 Å². The Balaban J connectivity index is 0.000000211. The van der Waals surface area contributed by atoms with Gasteiger partial charge in [-0.25, -0.2) is 9.59 Å². The van der Waals surface area contributed by atoms with Crippen LogP contribution in [-0.4, -0.2) is 32.2 Å². The van der Waals surface area contributed by atoms with Crippen molar-refractivity contribution in [3.05, 3.63) is 167 Å². The highest BCUT2D eigenvalue weighted by Gasteiger charge is 2.24. The highest BCUT2D eigenvalue weighted by molar-refractivity contribution is 6.03. The highest BCUT2D eigenvalue weighted by atomic mass is 16.6. The number of amides is 4. The Bertz CT molecular complexity index is 2320. The molecular weight excluding hydrogens is 704 g/mol. The third-order valence-electron chi connectivity index (χ3n) is 7.72. The summed E-state index contributed by atoms with van der Waals surface area (Å²) in [6.45, 7) is 0.772. The average molecular weight is 739 g/mol. The largest absolute Gasteiger partial charge is 0.506 e. The molecular formula is C40H34N8O7. The van der Waals surface area contributed by atoms with E-state index in [1.165, 1.54) is 30.3 Å². The molecule has 1 aromatic heterocycles. The number of phenolic OH excluding ortho intramolecular Hbond substituents is 2. The Hall–Kier alpha value is -8.12. The standard InChI is InChI=1S/C21H18N4O2.C19H16N4O5/c22-13-16-10-11-19(20(26)12-16)25-21(27)24-18-9-5-4-8-17(18)23-14-15-6-2-1-3-7-15;20-19(25)22(15-9-8-14(23(26)27)11-17(15)24)16-6-1-2-7-18(16)28-12-13-5-3-4-10-21-13/h1-12,23,26H,14H2,(H2,24,25,27);1-11,24H,12H2,(H2,20,25). The number of nitro benzene ring substituents is 1. The van der Waals surface area contributed by atoms with E-state index in [4.69, 9.17) is 15.7 Å². The Morgan fingerprint density at radius 1 is 0.800 bits per heavy atom. The lowest BCUT2D eigenvalue weighted by molar-refractivity contribution is -0.384. The van der Waals surface area contributed by atoms with Crippen molar-refractivity contribution in [3.8, 4) is 23.3 Å². The molecule has 0 aliphatic heterocycles. The lowest BCUT2D eigenvalue weighted by atomic mass is 10.2. The molecule has 4 amide bonds. The van der Waals surface area contributed by atoms with Crippen LogP contribution in [0.4, 0.5) is 43.7 Å². The molecule has 0 fully saturated rings. The van der Waals surface area contributed by atoms with Crippen molar-refractivity contribution < 1.29 is 29.5 Å². The monoisotopic (exact) mass is 738 g/mol. The second-order valence-electron chi connectivity index (χ2n) is 11.5. The summed E-state index contributed by atoms with van der Waals surface area (Å²) < 4.78 is 5.78. The number of aromatic nitrogens is 1. The van der Waals surface area contributed by atoms with Crippen LogP contribution in [0.5, 0.6) is 17.2 Å². The number of nitrogens with two attached hydrogens (primary N) is 1. The summed E-state index contributed by atoms with van der Waals surface area (Å²) in [7, 11) is 0. The summed E-state index contributed by atoms with van der Waals surface area (Å²) >= 11 is 0. The molecule has 6 aromatic rings. The van der Waals surface area contributed by atoms with E-state index in [0.29, 0.717) is 29.2 Å². The maximum absolute atomic E-state index is 12.3. The minimum Gasteiger partial charge on any atom is -0.506 e. The summed E-state index contributed by atoms with van der Waals surface area (Å²) in [6.07, 6.45) is 1.63. The summed E-state index contributed by atoms with van der Waals surface area (Å²) in [5.41, 5.74) is 9.20. The van der Waals surface area contributed by atoms with Gasteiger partial charge in [-0.3, -0.25) is 20.0 Å². The van der Waals surface area contributed by atoms with Crippen molar-refractivity contribution >= 4 is 46.2 Å². The fraction of sp³-hybridized carbons (Fsp3) is 0.0500. The number of hydrogen-bond acceptors (Lipinski definition) is 10. The molecule has 6 rings (SSSR count). The van der Waals surface area contributed by atoms with Crippen molar-refractivity contribution in [3.63, 3.8) is 0 Å². The number of anilines is 5. The first kappa shape index (κ1) is 38.1. The molecule has 0 spiro atoms. The topological polar surface area (TPSA) is 229 Å². The lowest BCUT2D eigenvalue weighted by Crippen LogP contribution is -2.31. The molecule has 0 saturated carbocycles. The number of hydrogen-bond donors (Lipinski definition) is 6. The Kier molecular flexibility index (Phi) is 12.7. The van der Waals surface area contributed by atoms with Crippen molar-refractivity contribution in [2.75, 3.05) is 20.9 Å².